The van der Waals surface area contributed by atoms with Crippen LogP contribution in [0.4, 0.5) is 8.78 Å². The molecule has 0 aliphatic rings. The van der Waals surface area contributed by atoms with Gasteiger partial charge in [0, 0.05) is 21.2 Å². The highest BCUT2D eigenvalue weighted by molar-refractivity contribution is 6.36. The van der Waals surface area contributed by atoms with Crippen LogP contribution in [0.25, 0.3) is 0 Å². The Bertz CT molecular complexity index is 699. The molecule has 124 valence electrons. The Labute approximate surface area is 145 Å². The Morgan fingerprint density at radius 2 is 1.04 bits per heavy atom. The first-order valence-corrected chi connectivity index (χ1v) is 6.93. The largest absolute Gasteiger partial charge is 0.294 e. The van der Waals surface area contributed by atoms with E-state index in [4.69, 9.17) is 23.2 Å². The van der Waals surface area contributed by atoms with Crippen molar-refractivity contribution in [2.75, 3.05) is 0 Å². The molecule has 24 heavy (non-hydrogen) atoms. The number of Topliss-reactive ketones (excluding diaryl/α,β-unsaturated/α-hetero) is 2. The minimum Gasteiger partial charge on any atom is -0.294 e. The number of hydrogen-bond acceptors (Lipinski definition) is 4. The molecule has 2 aromatic rings. The number of carbonyl (C=O) groups is 4. The average molecular weight is 373 g/mol. The van der Waals surface area contributed by atoms with Crippen LogP contribution in [-0.4, -0.2) is 24.1 Å². The summed E-state index contributed by atoms with van der Waals surface area (Å²) in [5.41, 5.74) is -0.0648. The Morgan fingerprint density at radius 1 is 0.708 bits per heavy atom. The fourth-order valence-electron chi connectivity index (χ4n) is 1.53. The molecule has 0 radical (unpaired) electrons. The normalized spacial score (nSPS) is 9.50. The SMILES string of the molecule is O=CC(=O)c1cc(F)cc(Cl)c1.O=CC(=O)c1cc(F)cc(Cl)c1. The van der Waals surface area contributed by atoms with Crippen molar-refractivity contribution in [2.45, 2.75) is 0 Å². The van der Waals surface area contributed by atoms with Gasteiger partial charge in [-0.2, -0.15) is 0 Å². The maximum Gasteiger partial charge on any atom is 0.225 e. The number of carbonyl (C=O) groups excluding carboxylic acids is 4. The van der Waals surface area contributed by atoms with E-state index in [9.17, 15) is 28.0 Å². The maximum atomic E-state index is 12.6. The van der Waals surface area contributed by atoms with E-state index in [0.717, 1.165) is 24.3 Å². The molecule has 0 amide bonds. The maximum absolute atomic E-state index is 12.6. The zero-order valence-electron chi connectivity index (χ0n) is 11.8. The van der Waals surface area contributed by atoms with Crippen LogP contribution in [0.5, 0.6) is 0 Å². The molecule has 0 unspecified atom stereocenters. The predicted molar refractivity (Wildman–Crippen MR) is 83.6 cm³/mol. The molecular weight excluding hydrogens is 365 g/mol. The van der Waals surface area contributed by atoms with E-state index in [1.54, 1.807) is 0 Å². The summed E-state index contributed by atoms with van der Waals surface area (Å²) in [4.78, 5) is 41.5. The molecule has 4 nitrogen and oxygen atoms in total. The Hall–Kier alpha value is -2.44. The van der Waals surface area contributed by atoms with E-state index in [2.05, 4.69) is 0 Å². The molecule has 2 aromatic carbocycles. The fraction of sp³-hybridized carbons (Fsp3) is 0. The minimum atomic E-state index is -0.781. The van der Waals surface area contributed by atoms with Crippen LogP contribution in [0.3, 0.4) is 0 Å². The molecule has 0 saturated heterocycles. The van der Waals surface area contributed by atoms with Crippen molar-refractivity contribution >= 4 is 47.3 Å². The van der Waals surface area contributed by atoms with E-state index in [-0.39, 0.29) is 33.7 Å². The third-order valence-corrected chi connectivity index (χ3v) is 2.94. The van der Waals surface area contributed by atoms with Gasteiger partial charge in [-0.3, -0.25) is 19.2 Å². The van der Waals surface area contributed by atoms with Crippen molar-refractivity contribution in [3.63, 3.8) is 0 Å². The summed E-state index contributed by atoms with van der Waals surface area (Å²) >= 11 is 10.9. The summed E-state index contributed by atoms with van der Waals surface area (Å²) in [5.74, 6) is -2.83. The summed E-state index contributed by atoms with van der Waals surface area (Å²) in [7, 11) is 0. The van der Waals surface area contributed by atoms with Gasteiger partial charge >= 0.3 is 0 Å². The lowest BCUT2D eigenvalue weighted by Crippen LogP contribution is -1.99. The van der Waals surface area contributed by atoms with Crippen LogP contribution in [0.2, 0.25) is 10.0 Å². The summed E-state index contributed by atoms with van der Waals surface area (Å²) in [6.07, 6.45) is 0.232. The van der Waals surface area contributed by atoms with Crippen LogP contribution in [-0.2, 0) is 9.59 Å². The fourth-order valence-corrected chi connectivity index (χ4v) is 1.97. The molecule has 0 heterocycles. The van der Waals surface area contributed by atoms with Crippen molar-refractivity contribution in [3.05, 3.63) is 69.2 Å². The first-order valence-electron chi connectivity index (χ1n) is 6.18. The van der Waals surface area contributed by atoms with E-state index < -0.39 is 23.2 Å². The van der Waals surface area contributed by atoms with E-state index >= 15 is 0 Å². The highest BCUT2D eigenvalue weighted by Crippen LogP contribution is 2.14. The van der Waals surface area contributed by atoms with Gasteiger partial charge in [0.2, 0.25) is 11.6 Å². The van der Waals surface area contributed by atoms with Gasteiger partial charge in [0.05, 0.1) is 0 Å². The lowest BCUT2D eigenvalue weighted by Gasteiger charge is -1.95. The quantitative estimate of drug-likeness (QED) is 0.465. The van der Waals surface area contributed by atoms with Crippen molar-refractivity contribution < 1.29 is 28.0 Å². The highest BCUT2D eigenvalue weighted by atomic mass is 35.5. The average Bonchev–Trinajstić information content (AvgIpc) is 2.52. The highest BCUT2D eigenvalue weighted by Gasteiger charge is 2.07. The molecule has 0 fully saturated rings. The van der Waals surface area contributed by atoms with Crippen LogP contribution in [0.15, 0.2) is 36.4 Å². The van der Waals surface area contributed by atoms with Crippen LogP contribution in [0.1, 0.15) is 20.7 Å². The zero-order chi connectivity index (χ0) is 18.3. The number of aldehydes is 2. The van der Waals surface area contributed by atoms with Gasteiger partial charge in [0.15, 0.2) is 12.6 Å². The molecule has 0 aliphatic heterocycles. The Morgan fingerprint density at radius 3 is 1.29 bits per heavy atom. The third-order valence-electron chi connectivity index (χ3n) is 2.51. The van der Waals surface area contributed by atoms with E-state index in [1.807, 2.05) is 0 Å². The molecular formula is C16H8Cl2F2O4. The predicted octanol–water partition coefficient (Wildman–Crippen LogP) is 3.72. The monoisotopic (exact) mass is 372 g/mol. The third kappa shape index (κ3) is 5.98. The molecule has 0 aliphatic carbocycles. The molecule has 8 heteroatoms. The smallest absolute Gasteiger partial charge is 0.225 e. The summed E-state index contributed by atoms with van der Waals surface area (Å²) in [6, 6.07) is 6.51. The van der Waals surface area contributed by atoms with Crippen molar-refractivity contribution in [1.29, 1.82) is 0 Å². The van der Waals surface area contributed by atoms with Gasteiger partial charge in [0.1, 0.15) is 11.6 Å². The van der Waals surface area contributed by atoms with E-state index in [0.29, 0.717) is 0 Å². The lowest BCUT2D eigenvalue weighted by atomic mass is 10.1. The van der Waals surface area contributed by atoms with Crippen LogP contribution < -0.4 is 0 Å². The molecule has 0 N–H and O–H groups in total. The van der Waals surface area contributed by atoms with E-state index in [1.165, 1.54) is 12.1 Å². The topological polar surface area (TPSA) is 68.3 Å². The standard InChI is InChI=1S/2C8H4ClFO2/c2*9-6-1-5(8(12)4-11)2-7(10)3-6/h2*1-4H. The zero-order valence-corrected chi connectivity index (χ0v) is 13.3. The summed E-state index contributed by atoms with van der Waals surface area (Å²) < 4.78 is 25.1. The van der Waals surface area contributed by atoms with Gasteiger partial charge < -0.3 is 0 Å². The van der Waals surface area contributed by atoms with Crippen molar-refractivity contribution in [2.24, 2.45) is 0 Å². The first kappa shape index (κ1) is 19.6. The van der Waals surface area contributed by atoms with Gasteiger partial charge in [-0.15, -0.1) is 0 Å². The second-order valence-electron chi connectivity index (χ2n) is 4.28. The first-order chi connectivity index (χ1) is 11.3. The molecule has 0 saturated carbocycles. The molecule has 2 rings (SSSR count). The number of halogens is 4. The lowest BCUT2D eigenvalue weighted by molar-refractivity contribution is -0.105. The van der Waals surface area contributed by atoms with Crippen molar-refractivity contribution in [3.8, 4) is 0 Å². The molecule has 0 spiro atoms. The molecule has 0 atom stereocenters. The Kier molecular flexibility index (Phi) is 7.35. The molecule has 0 bridgehead atoms. The second-order valence-corrected chi connectivity index (χ2v) is 5.15. The summed E-state index contributed by atoms with van der Waals surface area (Å²) in [5, 5.41) is 0.195. The van der Waals surface area contributed by atoms with Crippen LogP contribution >= 0.6 is 23.2 Å². The van der Waals surface area contributed by atoms with Gasteiger partial charge in [-0.1, -0.05) is 23.2 Å². The van der Waals surface area contributed by atoms with Gasteiger partial charge in [-0.25, -0.2) is 8.78 Å². The minimum absolute atomic E-state index is 0.0324. The Balaban J connectivity index is 0.000000240. The number of ketones is 2. The number of benzene rings is 2. The van der Waals surface area contributed by atoms with Gasteiger partial charge in [-0.05, 0) is 36.4 Å². The molecule has 0 aromatic heterocycles. The van der Waals surface area contributed by atoms with Crippen LogP contribution in [0, 0.1) is 11.6 Å². The number of rotatable bonds is 4. The second kappa shape index (κ2) is 9.00. The van der Waals surface area contributed by atoms with Gasteiger partial charge in [0.25, 0.3) is 0 Å². The summed E-state index contributed by atoms with van der Waals surface area (Å²) in [6.45, 7) is 0. The van der Waals surface area contributed by atoms with Crippen molar-refractivity contribution in [1.82, 2.24) is 0 Å². The number of hydrogen-bond donors (Lipinski definition) is 0.